The Bertz CT molecular complexity index is 892. The van der Waals surface area contributed by atoms with E-state index >= 15 is 0 Å². The van der Waals surface area contributed by atoms with Crippen LogP contribution in [0.25, 0.3) is 0 Å². The van der Waals surface area contributed by atoms with E-state index < -0.39 is 5.97 Å². The second-order valence-corrected chi connectivity index (χ2v) is 8.06. The zero-order valence-corrected chi connectivity index (χ0v) is 16.1. The molecule has 1 aliphatic carbocycles. The fourth-order valence-electron chi connectivity index (χ4n) is 3.93. The van der Waals surface area contributed by atoms with Crippen LogP contribution in [-0.2, 0) is 0 Å². The quantitative estimate of drug-likeness (QED) is 0.542. The number of hydrogen-bond donors (Lipinski definition) is 2. The van der Waals surface area contributed by atoms with Crippen LogP contribution < -0.4 is 5.32 Å². The van der Waals surface area contributed by atoms with Crippen molar-refractivity contribution in [3.8, 4) is 0 Å². The first-order valence-electron chi connectivity index (χ1n) is 7.91. The predicted molar refractivity (Wildman–Crippen MR) is 104 cm³/mol. The van der Waals surface area contributed by atoms with Gasteiger partial charge in [0.05, 0.1) is 17.3 Å². The van der Waals surface area contributed by atoms with Crippen molar-refractivity contribution in [1.29, 1.82) is 0 Å². The van der Waals surface area contributed by atoms with Crippen LogP contribution in [0, 0.1) is 5.92 Å². The van der Waals surface area contributed by atoms with Crippen molar-refractivity contribution in [2.75, 3.05) is 5.32 Å². The summed E-state index contributed by atoms with van der Waals surface area (Å²) in [5.41, 5.74) is 2.71. The first-order chi connectivity index (χ1) is 12.0. The number of aromatic carboxylic acids is 1. The molecule has 0 bridgehead atoms. The van der Waals surface area contributed by atoms with Gasteiger partial charge in [0.1, 0.15) is 0 Å². The minimum Gasteiger partial charge on any atom is -0.478 e. The van der Waals surface area contributed by atoms with Gasteiger partial charge in [-0.05, 0) is 42.2 Å². The van der Waals surface area contributed by atoms with Crippen molar-refractivity contribution >= 4 is 50.8 Å². The van der Waals surface area contributed by atoms with Gasteiger partial charge in [0, 0.05) is 26.0 Å². The normalized spacial score (nSPS) is 23.7. The largest absolute Gasteiger partial charge is 0.478 e. The van der Waals surface area contributed by atoms with Crippen molar-refractivity contribution in [3.05, 3.63) is 73.7 Å². The number of benzene rings is 2. The maximum atomic E-state index is 11.8. The highest BCUT2D eigenvalue weighted by molar-refractivity contribution is 9.10. The average molecular weight is 439 g/mol. The Hall–Kier alpha value is -1.49. The fourth-order valence-corrected chi connectivity index (χ4v) is 5.03. The zero-order valence-electron chi connectivity index (χ0n) is 13.0. The molecule has 0 saturated carbocycles. The zero-order chi connectivity index (χ0) is 17.7. The van der Waals surface area contributed by atoms with Gasteiger partial charge in [0.25, 0.3) is 0 Å². The highest BCUT2D eigenvalue weighted by Crippen LogP contribution is 2.53. The molecule has 128 valence electrons. The van der Waals surface area contributed by atoms with Crippen LogP contribution in [0.3, 0.4) is 0 Å². The lowest BCUT2D eigenvalue weighted by molar-refractivity contribution is 0.0697. The Morgan fingerprint density at radius 1 is 1.24 bits per heavy atom. The van der Waals surface area contributed by atoms with E-state index in [9.17, 15) is 9.90 Å². The Labute approximate surface area is 163 Å². The maximum Gasteiger partial charge on any atom is 0.337 e. The molecule has 0 amide bonds. The van der Waals surface area contributed by atoms with Gasteiger partial charge in [-0.25, -0.2) is 4.79 Å². The average Bonchev–Trinajstić information content (AvgIpc) is 3.04. The summed E-state index contributed by atoms with van der Waals surface area (Å²) in [4.78, 5) is 11.8. The molecule has 0 radical (unpaired) electrons. The van der Waals surface area contributed by atoms with Crippen LogP contribution in [0.4, 0.5) is 5.69 Å². The highest BCUT2D eigenvalue weighted by Gasteiger charge is 2.41. The van der Waals surface area contributed by atoms with E-state index in [1.807, 2.05) is 24.3 Å². The molecule has 0 aromatic heterocycles. The predicted octanol–water partition coefficient (Wildman–Crippen LogP) is 6.28. The molecule has 2 N–H and O–H groups in total. The number of rotatable bonds is 2. The number of carboxylic acids is 1. The molecule has 4 rings (SSSR count). The van der Waals surface area contributed by atoms with Gasteiger partial charge in [-0.1, -0.05) is 57.4 Å². The van der Waals surface area contributed by atoms with Crippen LogP contribution in [0.2, 0.25) is 10.0 Å². The van der Waals surface area contributed by atoms with E-state index in [-0.39, 0.29) is 23.4 Å². The lowest BCUT2D eigenvalue weighted by Gasteiger charge is -2.39. The van der Waals surface area contributed by atoms with Gasteiger partial charge in [-0.15, -0.1) is 0 Å². The smallest absolute Gasteiger partial charge is 0.337 e. The topological polar surface area (TPSA) is 49.3 Å². The molecule has 2 aromatic carbocycles. The second-order valence-electron chi connectivity index (χ2n) is 6.33. The number of fused-ring (bicyclic) bond motifs is 3. The maximum absolute atomic E-state index is 11.8. The summed E-state index contributed by atoms with van der Waals surface area (Å²) in [7, 11) is 0. The van der Waals surface area contributed by atoms with Crippen molar-refractivity contribution < 1.29 is 9.90 Å². The third-order valence-corrected chi connectivity index (χ3v) is 6.09. The summed E-state index contributed by atoms with van der Waals surface area (Å²) >= 11 is 16.3. The Morgan fingerprint density at radius 2 is 1.96 bits per heavy atom. The van der Waals surface area contributed by atoms with Crippen LogP contribution in [-0.4, -0.2) is 11.1 Å². The first kappa shape index (κ1) is 17.0. The van der Waals surface area contributed by atoms with Crippen LogP contribution in [0.1, 0.15) is 39.9 Å². The number of anilines is 1. The molecule has 2 aromatic rings. The van der Waals surface area contributed by atoms with E-state index in [1.165, 1.54) is 0 Å². The molecule has 3 atom stereocenters. The molecule has 3 nitrogen and oxygen atoms in total. The molecular weight excluding hydrogens is 425 g/mol. The van der Waals surface area contributed by atoms with Gasteiger partial charge >= 0.3 is 5.97 Å². The summed E-state index contributed by atoms with van der Waals surface area (Å²) in [6.07, 6.45) is 5.18. The molecule has 25 heavy (non-hydrogen) atoms. The molecule has 0 unspecified atom stereocenters. The van der Waals surface area contributed by atoms with E-state index in [2.05, 4.69) is 33.4 Å². The molecule has 1 aliphatic heterocycles. The van der Waals surface area contributed by atoms with E-state index in [4.69, 9.17) is 23.2 Å². The van der Waals surface area contributed by atoms with E-state index in [0.29, 0.717) is 15.7 Å². The van der Waals surface area contributed by atoms with Crippen molar-refractivity contribution in [2.24, 2.45) is 5.92 Å². The number of allylic oxidation sites excluding steroid dienone is 2. The van der Waals surface area contributed by atoms with Gasteiger partial charge in [0.15, 0.2) is 0 Å². The summed E-state index contributed by atoms with van der Waals surface area (Å²) in [6.45, 7) is 0. The Morgan fingerprint density at radius 3 is 2.64 bits per heavy atom. The van der Waals surface area contributed by atoms with Crippen molar-refractivity contribution in [2.45, 2.75) is 18.4 Å². The van der Waals surface area contributed by atoms with Crippen molar-refractivity contribution in [3.63, 3.8) is 0 Å². The summed E-state index contributed by atoms with van der Waals surface area (Å²) in [5, 5.41) is 14.3. The number of halogens is 3. The van der Waals surface area contributed by atoms with Crippen molar-refractivity contribution in [1.82, 2.24) is 0 Å². The summed E-state index contributed by atoms with van der Waals surface area (Å²) in [5.74, 6) is -0.598. The van der Waals surface area contributed by atoms with Gasteiger partial charge < -0.3 is 10.4 Å². The molecule has 0 fully saturated rings. The van der Waals surface area contributed by atoms with Crippen LogP contribution in [0.5, 0.6) is 0 Å². The minimum atomic E-state index is -0.963. The SMILES string of the molecule is O=C(O)c1cc(Br)cc2c1N[C@@H](c1c(Cl)cccc1Cl)[C@H]1CC=C[C@@H]21. The fraction of sp³-hybridized carbons (Fsp3) is 0.211. The lowest BCUT2D eigenvalue weighted by atomic mass is 9.76. The lowest BCUT2D eigenvalue weighted by Crippen LogP contribution is -2.30. The number of nitrogens with one attached hydrogen (secondary N) is 1. The summed E-state index contributed by atoms with van der Waals surface area (Å²) < 4.78 is 0.763. The molecule has 0 spiro atoms. The third-order valence-electron chi connectivity index (χ3n) is 4.97. The Balaban J connectivity index is 1.92. The monoisotopic (exact) mass is 437 g/mol. The van der Waals surface area contributed by atoms with Gasteiger partial charge in [-0.2, -0.15) is 0 Å². The molecular formula is C19H14BrCl2NO2. The number of hydrogen-bond acceptors (Lipinski definition) is 2. The van der Waals surface area contributed by atoms with E-state index in [0.717, 1.165) is 22.0 Å². The Kier molecular flexibility index (Phi) is 4.30. The molecule has 2 aliphatic rings. The van der Waals surface area contributed by atoms with Crippen LogP contribution >= 0.6 is 39.1 Å². The standard InChI is InChI=1S/C19H14BrCl2NO2/c20-9-7-12-10-3-1-4-11(10)18(16-14(21)5-2-6-15(16)22)23-17(12)13(8-9)19(24)25/h1-3,5-8,10-11,18,23H,4H2,(H,24,25)/t10-,11+,18-/m1/s1. The highest BCUT2D eigenvalue weighted by atomic mass is 79.9. The molecule has 0 saturated heterocycles. The van der Waals surface area contributed by atoms with Gasteiger partial charge in [-0.3, -0.25) is 0 Å². The minimum absolute atomic E-state index is 0.129. The van der Waals surface area contributed by atoms with E-state index in [1.54, 1.807) is 6.07 Å². The second kappa shape index (κ2) is 6.35. The first-order valence-corrected chi connectivity index (χ1v) is 9.46. The van der Waals surface area contributed by atoms with Gasteiger partial charge in [0.2, 0.25) is 0 Å². The number of carboxylic acid groups (broad SMARTS) is 1. The molecule has 6 heteroatoms. The number of carbonyl (C=O) groups is 1. The van der Waals surface area contributed by atoms with Crippen LogP contribution in [0.15, 0.2) is 47.0 Å². The molecule has 1 heterocycles. The third kappa shape index (κ3) is 2.77. The summed E-state index contributed by atoms with van der Waals surface area (Å²) in [6, 6.07) is 8.92.